The van der Waals surface area contributed by atoms with Crippen LogP contribution in [-0.4, -0.2) is 34.0 Å². The summed E-state index contributed by atoms with van der Waals surface area (Å²) in [6, 6.07) is 8.81. The van der Waals surface area contributed by atoms with Gasteiger partial charge in [0.15, 0.2) is 0 Å². The number of aliphatic hydroxyl groups excluding tert-OH is 1. The van der Waals surface area contributed by atoms with E-state index in [2.05, 4.69) is 33.8 Å². The third kappa shape index (κ3) is 1.82. The maximum Gasteiger partial charge on any atom is 0.0956 e. The third-order valence-electron chi connectivity index (χ3n) is 6.42. The predicted octanol–water partition coefficient (Wildman–Crippen LogP) is 3.02. The number of imidazole rings is 1. The van der Waals surface area contributed by atoms with Crippen molar-refractivity contribution in [2.75, 3.05) is 13.2 Å². The lowest BCUT2D eigenvalue weighted by Gasteiger charge is -2.38. The number of nitrogens with zero attached hydrogens (tertiary/aromatic N) is 2. The van der Waals surface area contributed by atoms with Crippen molar-refractivity contribution < 1.29 is 9.84 Å². The summed E-state index contributed by atoms with van der Waals surface area (Å²) >= 11 is 0. The van der Waals surface area contributed by atoms with Crippen LogP contribution in [0.1, 0.15) is 37.3 Å². The highest BCUT2D eigenvalue weighted by Gasteiger charge is 2.52. The molecule has 1 saturated heterocycles. The number of aliphatic hydroxyl groups is 1. The topological polar surface area (TPSA) is 47.3 Å². The molecule has 0 radical (unpaired) electrons. The molecular weight excluding hydrogens is 288 g/mol. The van der Waals surface area contributed by atoms with Crippen LogP contribution in [0.15, 0.2) is 36.8 Å². The molecule has 0 unspecified atom stereocenters. The Kier molecular flexibility index (Phi) is 2.94. The lowest BCUT2D eigenvalue weighted by Crippen LogP contribution is -2.40. The van der Waals surface area contributed by atoms with E-state index in [1.54, 1.807) is 0 Å². The van der Waals surface area contributed by atoms with Gasteiger partial charge in [0.1, 0.15) is 0 Å². The molecule has 120 valence electrons. The molecule has 0 bridgehead atoms. The van der Waals surface area contributed by atoms with Crippen LogP contribution in [0.3, 0.4) is 0 Å². The molecule has 1 saturated carbocycles. The first kappa shape index (κ1) is 13.8. The Labute approximate surface area is 136 Å². The van der Waals surface area contributed by atoms with Gasteiger partial charge in [-0.15, -0.1) is 0 Å². The summed E-state index contributed by atoms with van der Waals surface area (Å²) in [6.45, 7) is 1.59. The third-order valence-corrected chi connectivity index (χ3v) is 6.42. The number of aromatic nitrogens is 2. The summed E-state index contributed by atoms with van der Waals surface area (Å²) < 4.78 is 7.81. The Hall–Kier alpha value is -1.65. The van der Waals surface area contributed by atoms with Gasteiger partial charge in [-0.1, -0.05) is 24.3 Å². The molecule has 0 amide bonds. The van der Waals surface area contributed by atoms with Crippen LogP contribution in [-0.2, 0) is 4.74 Å². The predicted molar refractivity (Wildman–Crippen MR) is 87.0 cm³/mol. The maximum absolute atomic E-state index is 11.2. The first-order valence-corrected chi connectivity index (χ1v) is 8.67. The van der Waals surface area contributed by atoms with Gasteiger partial charge in [0.05, 0.1) is 30.4 Å². The second kappa shape index (κ2) is 4.92. The Morgan fingerprint density at radius 3 is 2.87 bits per heavy atom. The lowest BCUT2D eigenvalue weighted by molar-refractivity contribution is -0.0597. The quantitative estimate of drug-likeness (QED) is 0.881. The Morgan fingerprint density at radius 2 is 2.00 bits per heavy atom. The van der Waals surface area contributed by atoms with Crippen molar-refractivity contribution in [2.45, 2.75) is 37.8 Å². The summed E-state index contributed by atoms with van der Waals surface area (Å²) in [6.07, 6.45) is 7.82. The summed E-state index contributed by atoms with van der Waals surface area (Å²) in [5.41, 5.74) is 3.88. The van der Waals surface area contributed by atoms with E-state index in [-0.39, 0.29) is 23.5 Å². The van der Waals surface area contributed by atoms with E-state index in [9.17, 15) is 5.11 Å². The Bertz CT molecular complexity index is 732. The van der Waals surface area contributed by atoms with Crippen molar-refractivity contribution in [1.82, 2.24) is 9.55 Å². The lowest BCUT2D eigenvalue weighted by atomic mass is 9.74. The van der Waals surface area contributed by atoms with Gasteiger partial charge in [0.2, 0.25) is 0 Å². The minimum absolute atomic E-state index is 0.0706. The fourth-order valence-corrected chi connectivity index (χ4v) is 5.18. The molecule has 4 heteroatoms. The number of rotatable bonds is 1. The van der Waals surface area contributed by atoms with Gasteiger partial charge in [-0.05, 0) is 31.2 Å². The van der Waals surface area contributed by atoms with E-state index in [1.807, 2.05) is 12.5 Å². The van der Waals surface area contributed by atoms with Crippen molar-refractivity contribution in [3.8, 4) is 11.3 Å². The minimum Gasteiger partial charge on any atom is -0.392 e. The van der Waals surface area contributed by atoms with Crippen LogP contribution < -0.4 is 0 Å². The van der Waals surface area contributed by atoms with E-state index < -0.39 is 0 Å². The molecule has 3 atom stereocenters. The highest BCUT2D eigenvalue weighted by Crippen LogP contribution is 2.55. The Balaban J connectivity index is 1.56. The number of benzene rings is 1. The van der Waals surface area contributed by atoms with E-state index in [0.717, 1.165) is 38.9 Å². The summed E-state index contributed by atoms with van der Waals surface area (Å²) in [5.74, 6) is 0.268. The molecule has 4 nitrogen and oxygen atoms in total. The van der Waals surface area contributed by atoms with Crippen LogP contribution in [0, 0.1) is 11.3 Å². The van der Waals surface area contributed by atoms with E-state index in [0.29, 0.717) is 0 Å². The molecule has 23 heavy (non-hydrogen) atoms. The molecule has 2 fully saturated rings. The van der Waals surface area contributed by atoms with Gasteiger partial charge in [-0.2, -0.15) is 0 Å². The first-order chi connectivity index (χ1) is 11.3. The monoisotopic (exact) mass is 310 g/mol. The van der Waals surface area contributed by atoms with Gasteiger partial charge in [-0.25, -0.2) is 4.98 Å². The van der Waals surface area contributed by atoms with Crippen LogP contribution in [0.5, 0.6) is 0 Å². The molecule has 1 spiro atoms. The van der Waals surface area contributed by atoms with E-state index in [4.69, 9.17) is 4.74 Å². The number of hydrogen-bond acceptors (Lipinski definition) is 3. The maximum atomic E-state index is 11.2. The van der Waals surface area contributed by atoms with Crippen molar-refractivity contribution in [3.05, 3.63) is 42.4 Å². The molecule has 1 N–H and O–H groups in total. The van der Waals surface area contributed by atoms with Crippen LogP contribution in [0.4, 0.5) is 0 Å². The van der Waals surface area contributed by atoms with Crippen LogP contribution >= 0.6 is 0 Å². The molecule has 1 aliphatic carbocycles. The van der Waals surface area contributed by atoms with Gasteiger partial charge in [0, 0.05) is 30.1 Å². The molecule has 3 heterocycles. The van der Waals surface area contributed by atoms with Gasteiger partial charge in [-0.3, -0.25) is 0 Å². The zero-order chi connectivity index (χ0) is 15.4. The van der Waals surface area contributed by atoms with Gasteiger partial charge in [0.25, 0.3) is 0 Å². The fourth-order valence-electron chi connectivity index (χ4n) is 5.18. The summed E-state index contributed by atoms with van der Waals surface area (Å²) in [4.78, 5) is 4.35. The molecule has 3 aliphatic rings. The SMILES string of the molecule is O[C@@H]1[C@@H]([C@@H]2c3ccccc3-c3cncn32)CCC12CCOCC2. The minimum atomic E-state index is -0.252. The van der Waals surface area contributed by atoms with Gasteiger partial charge >= 0.3 is 0 Å². The zero-order valence-corrected chi connectivity index (χ0v) is 13.2. The molecule has 2 aliphatic heterocycles. The largest absolute Gasteiger partial charge is 0.392 e. The second-order valence-electron chi connectivity index (χ2n) is 7.34. The summed E-state index contributed by atoms with van der Waals surface area (Å²) in [5, 5.41) is 11.2. The smallest absolute Gasteiger partial charge is 0.0956 e. The van der Waals surface area contributed by atoms with Crippen LogP contribution in [0.25, 0.3) is 11.3 Å². The number of ether oxygens (including phenoxy) is 1. The highest BCUT2D eigenvalue weighted by atomic mass is 16.5. The molecule has 5 rings (SSSR count). The molecule has 2 aromatic rings. The van der Waals surface area contributed by atoms with Crippen molar-refractivity contribution in [3.63, 3.8) is 0 Å². The second-order valence-corrected chi connectivity index (χ2v) is 7.34. The number of fused-ring (bicyclic) bond motifs is 3. The van der Waals surface area contributed by atoms with E-state index in [1.165, 1.54) is 16.8 Å². The standard InChI is InChI=1S/C19H22N2O2/c22-18-15(5-6-19(18)7-9-23-10-8-19)17-14-4-2-1-3-13(14)16-11-20-12-21(16)17/h1-4,11-12,15,17-18,22H,5-10H2/t15-,17+,18-/m1/s1. The Morgan fingerprint density at radius 1 is 1.17 bits per heavy atom. The highest BCUT2D eigenvalue weighted by molar-refractivity contribution is 5.69. The average molecular weight is 310 g/mol. The first-order valence-electron chi connectivity index (χ1n) is 8.67. The van der Waals surface area contributed by atoms with Crippen LogP contribution in [0.2, 0.25) is 0 Å². The molecule has 1 aromatic heterocycles. The normalized spacial score (nSPS) is 31.3. The molecule has 1 aromatic carbocycles. The van der Waals surface area contributed by atoms with Crippen molar-refractivity contribution in [2.24, 2.45) is 11.3 Å². The number of hydrogen-bond donors (Lipinski definition) is 1. The van der Waals surface area contributed by atoms with Crippen molar-refractivity contribution in [1.29, 1.82) is 0 Å². The zero-order valence-electron chi connectivity index (χ0n) is 13.2. The van der Waals surface area contributed by atoms with Gasteiger partial charge < -0.3 is 14.4 Å². The fraction of sp³-hybridized carbons (Fsp3) is 0.526. The molecular formula is C19H22N2O2. The van der Waals surface area contributed by atoms with E-state index >= 15 is 0 Å². The van der Waals surface area contributed by atoms with Crippen molar-refractivity contribution >= 4 is 0 Å². The average Bonchev–Trinajstić information content (AvgIpc) is 3.25. The summed E-state index contributed by atoms with van der Waals surface area (Å²) in [7, 11) is 0.